The number of anilines is 4. The van der Waals surface area contributed by atoms with E-state index in [4.69, 9.17) is 4.99 Å². The van der Waals surface area contributed by atoms with E-state index in [1.165, 1.54) is 88.5 Å². The fourth-order valence-corrected chi connectivity index (χ4v) is 12.7. The molecule has 13 rings (SSSR count). The van der Waals surface area contributed by atoms with Gasteiger partial charge in [0.2, 0.25) is 0 Å². The molecule has 0 N–H and O–H groups in total. The predicted molar refractivity (Wildman–Crippen MR) is 291 cm³/mol. The van der Waals surface area contributed by atoms with Gasteiger partial charge in [0.05, 0.1) is 41.3 Å². The first-order chi connectivity index (χ1) is 34.6. The molecule has 4 heterocycles. The smallest absolute Gasteiger partial charge is 0.0645 e. The first-order valence-electron chi connectivity index (χ1n) is 24.9. The monoisotopic (exact) mass is 918 g/mol. The van der Waals surface area contributed by atoms with Gasteiger partial charge in [-0.05, 0) is 156 Å². The summed E-state index contributed by atoms with van der Waals surface area (Å²) in [5.74, 6) is 0. The molecule has 71 heavy (non-hydrogen) atoms. The second-order valence-electron chi connectivity index (χ2n) is 20.8. The molecule has 0 amide bonds. The average Bonchev–Trinajstić information content (AvgIpc) is 3.78. The molecule has 0 radical (unpaired) electrons. The van der Waals surface area contributed by atoms with Gasteiger partial charge < -0.3 is 9.80 Å². The topological polar surface area (TPSA) is 57.5 Å². The molecule has 0 bridgehead atoms. The van der Waals surface area contributed by atoms with E-state index in [-0.39, 0.29) is 10.8 Å². The van der Waals surface area contributed by atoms with Crippen molar-refractivity contribution in [3.8, 4) is 22.3 Å². The Labute approximate surface area is 416 Å². The van der Waals surface area contributed by atoms with Gasteiger partial charge in [-0.25, -0.2) is 0 Å². The van der Waals surface area contributed by atoms with Gasteiger partial charge in [-0.3, -0.25) is 19.9 Å². The summed E-state index contributed by atoms with van der Waals surface area (Å²) in [5, 5.41) is 2.43. The molecule has 4 aliphatic carbocycles. The third kappa shape index (κ3) is 6.61. The lowest BCUT2D eigenvalue weighted by Crippen LogP contribution is -2.44. The van der Waals surface area contributed by atoms with Crippen LogP contribution in [-0.2, 0) is 10.8 Å². The second-order valence-corrected chi connectivity index (χ2v) is 20.8. The molecule has 5 aromatic carbocycles. The highest BCUT2D eigenvalue weighted by molar-refractivity contribution is 5.96. The molecule has 0 fully saturated rings. The third-order valence-corrected chi connectivity index (χ3v) is 16.0. The van der Waals surface area contributed by atoms with Gasteiger partial charge in [-0.1, -0.05) is 126 Å². The fraction of sp³-hybridized carbons (Fsp3) is 0.169. The minimum atomic E-state index is -0.514. The number of pyridine rings is 3. The number of dihydropyridines is 1. The highest BCUT2D eigenvalue weighted by atomic mass is 15.2. The summed E-state index contributed by atoms with van der Waals surface area (Å²) in [7, 11) is 0. The van der Waals surface area contributed by atoms with Crippen molar-refractivity contribution in [2.75, 3.05) is 16.3 Å². The van der Waals surface area contributed by atoms with Crippen molar-refractivity contribution in [3.63, 3.8) is 0 Å². The number of benzene rings is 5. The highest BCUT2D eigenvalue weighted by Crippen LogP contribution is 2.57. The molecule has 1 atom stereocenters. The standard InChI is InChI=1S/C65H54N6/c1-63(2)56-20-8-6-18-50(56)52-26-22-42(34-59(52)63)61-55-36-44(70(46-14-10-30-66-38-46)47-15-11-31-67-39-47)24-28-54(55)62(43-23-27-53-51-19-7-9-21-57(51)64(3,4)60(53)35-43)65(5)37-45(25-29-58(61)65)71(48-16-12-32-68-40-48)49-17-13-33-69-41-49/h6-10,12-30,32-36,38-41H,11,31,37H2,1-5H3. The molecule has 1 aliphatic heterocycles. The summed E-state index contributed by atoms with van der Waals surface area (Å²) >= 11 is 0. The van der Waals surface area contributed by atoms with Crippen molar-refractivity contribution in [2.24, 2.45) is 10.4 Å². The van der Waals surface area contributed by atoms with Crippen LogP contribution >= 0.6 is 0 Å². The maximum atomic E-state index is 4.79. The summed E-state index contributed by atoms with van der Waals surface area (Å²) in [5.41, 5.74) is 22.4. The quantitative estimate of drug-likeness (QED) is 0.152. The van der Waals surface area contributed by atoms with E-state index in [2.05, 4.69) is 199 Å². The third-order valence-electron chi connectivity index (χ3n) is 16.0. The van der Waals surface area contributed by atoms with E-state index in [0.717, 1.165) is 47.8 Å². The average molecular weight is 919 g/mol. The summed E-state index contributed by atoms with van der Waals surface area (Å²) in [6.45, 7) is 12.8. The predicted octanol–water partition coefficient (Wildman–Crippen LogP) is 13.5. The van der Waals surface area contributed by atoms with Crippen LogP contribution < -0.4 is 20.2 Å². The first kappa shape index (κ1) is 42.8. The molecule has 6 heteroatoms. The zero-order valence-electron chi connectivity index (χ0n) is 40.9. The van der Waals surface area contributed by atoms with E-state index in [1.54, 1.807) is 0 Å². The lowest BCUT2D eigenvalue weighted by molar-refractivity contribution is 0.525. The first-order valence-corrected chi connectivity index (χ1v) is 24.9. The van der Waals surface area contributed by atoms with Crippen molar-refractivity contribution in [2.45, 2.75) is 58.3 Å². The number of fused-ring (bicyclic) bond motifs is 8. The van der Waals surface area contributed by atoms with Crippen molar-refractivity contribution < 1.29 is 0 Å². The van der Waals surface area contributed by atoms with Crippen LogP contribution in [0.3, 0.4) is 0 Å². The summed E-state index contributed by atoms with van der Waals surface area (Å²) in [6.07, 6.45) is 22.1. The Morgan fingerprint density at radius 2 is 1.04 bits per heavy atom. The maximum Gasteiger partial charge on any atom is 0.0645 e. The minimum absolute atomic E-state index is 0.177. The van der Waals surface area contributed by atoms with Crippen molar-refractivity contribution in [1.29, 1.82) is 0 Å². The zero-order valence-corrected chi connectivity index (χ0v) is 40.9. The van der Waals surface area contributed by atoms with Gasteiger partial charge in [0.25, 0.3) is 0 Å². The second kappa shape index (κ2) is 16.2. The van der Waals surface area contributed by atoms with Gasteiger partial charge in [0.1, 0.15) is 0 Å². The molecular formula is C65H54N6. The Bertz CT molecular complexity index is 3710. The molecule has 344 valence electrons. The summed E-state index contributed by atoms with van der Waals surface area (Å²) in [6, 6.07) is 52.1. The zero-order chi connectivity index (χ0) is 48.1. The molecule has 5 aliphatic rings. The highest BCUT2D eigenvalue weighted by Gasteiger charge is 2.45. The Morgan fingerprint density at radius 3 is 1.62 bits per heavy atom. The van der Waals surface area contributed by atoms with E-state index in [0.29, 0.717) is 0 Å². The van der Waals surface area contributed by atoms with Crippen LogP contribution in [0.15, 0.2) is 217 Å². The Hall–Kier alpha value is -8.22. The number of aromatic nitrogens is 3. The van der Waals surface area contributed by atoms with E-state index < -0.39 is 5.41 Å². The van der Waals surface area contributed by atoms with Crippen LogP contribution in [0.2, 0.25) is 0 Å². The number of hydrogen-bond donors (Lipinski definition) is 0. The number of nitrogens with zero attached hydrogens (tertiary/aromatic N) is 6. The molecular weight excluding hydrogens is 865 g/mol. The Balaban J connectivity index is 1.14. The summed E-state index contributed by atoms with van der Waals surface area (Å²) in [4.78, 5) is 23.3. The van der Waals surface area contributed by atoms with Crippen LogP contribution in [0.1, 0.15) is 80.8 Å². The van der Waals surface area contributed by atoms with Crippen LogP contribution in [0, 0.1) is 5.41 Å². The molecule has 0 saturated heterocycles. The van der Waals surface area contributed by atoms with Crippen molar-refractivity contribution in [3.05, 3.63) is 256 Å². The summed E-state index contributed by atoms with van der Waals surface area (Å²) < 4.78 is 0. The number of hydrogen-bond acceptors (Lipinski definition) is 6. The number of aliphatic imine (C=N–C) groups is 1. The van der Waals surface area contributed by atoms with E-state index in [9.17, 15) is 0 Å². The Morgan fingerprint density at radius 1 is 0.479 bits per heavy atom. The van der Waals surface area contributed by atoms with Gasteiger partial charge in [-0.15, -0.1) is 0 Å². The largest absolute Gasteiger partial charge is 0.311 e. The van der Waals surface area contributed by atoms with Gasteiger partial charge in [0.15, 0.2) is 0 Å². The van der Waals surface area contributed by atoms with Crippen LogP contribution in [-0.4, -0.2) is 27.7 Å². The van der Waals surface area contributed by atoms with Crippen LogP contribution in [0.5, 0.6) is 0 Å². The molecule has 3 aromatic heterocycles. The lowest BCUT2D eigenvalue weighted by atomic mass is 9.61. The maximum absolute atomic E-state index is 4.79. The van der Waals surface area contributed by atoms with Crippen LogP contribution in [0.25, 0.3) is 33.4 Å². The van der Waals surface area contributed by atoms with Gasteiger partial charge in [-0.2, -0.15) is 0 Å². The molecule has 1 unspecified atom stereocenters. The molecule has 6 nitrogen and oxygen atoms in total. The number of allylic oxidation sites excluding steroid dienone is 5. The van der Waals surface area contributed by atoms with Gasteiger partial charge >= 0.3 is 0 Å². The molecule has 0 saturated carbocycles. The van der Waals surface area contributed by atoms with E-state index in [1.807, 2.05) is 61.6 Å². The van der Waals surface area contributed by atoms with Crippen molar-refractivity contribution in [1.82, 2.24) is 15.0 Å². The molecule has 8 aromatic rings. The van der Waals surface area contributed by atoms with Gasteiger partial charge in [0, 0.05) is 65.4 Å². The van der Waals surface area contributed by atoms with E-state index >= 15 is 0 Å². The Kier molecular flexibility index (Phi) is 9.76. The SMILES string of the molecule is CC12CC(N(c3cccnc3)c3cccnc3)=CC=C1C(c1ccc3c(c1)C(C)(C)c1ccccc1-3)=c1cc(N(C3=CCCN=C3)c3cccnc3)ccc1=C2c1ccc2c(c1)C(C)(C)c1ccccc1-2. The minimum Gasteiger partial charge on any atom is -0.311 e. The number of rotatable bonds is 8. The fourth-order valence-electron chi connectivity index (χ4n) is 12.7. The lowest BCUT2D eigenvalue weighted by Gasteiger charge is -2.44. The molecule has 0 spiro atoms. The van der Waals surface area contributed by atoms with Crippen LogP contribution in [0.4, 0.5) is 22.7 Å². The normalized spacial score (nSPS) is 18.5. The van der Waals surface area contributed by atoms with Crippen molar-refractivity contribution >= 4 is 40.1 Å².